The van der Waals surface area contributed by atoms with Gasteiger partial charge in [-0.25, -0.2) is 4.39 Å². The van der Waals surface area contributed by atoms with Crippen molar-refractivity contribution >= 4 is 55.5 Å². The Morgan fingerprint density at radius 2 is 1.97 bits per heavy atom. The second kappa shape index (κ2) is 10.4. The Bertz CT molecular complexity index is 1150. The van der Waals surface area contributed by atoms with Crippen LogP contribution >= 0.6 is 39.1 Å². The van der Waals surface area contributed by atoms with Crippen molar-refractivity contribution in [1.29, 1.82) is 0 Å². The van der Waals surface area contributed by atoms with E-state index in [1.54, 1.807) is 6.92 Å². The molecule has 0 aliphatic carbocycles. The highest BCUT2D eigenvalue weighted by Gasteiger charge is 2.44. The summed E-state index contributed by atoms with van der Waals surface area (Å²) in [6.07, 6.45) is -7.81. The molecule has 0 saturated heterocycles. The van der Waals surface area contributed by atoms with Gasteiger partial charge in [0.1, 0.15) is 4.62 Å². The van der Waals surface area contributed by atoms with E-state index in [0.29, 0.717) is 16.6 Å². The maximum absolute atomic E-state index is 13.6. The lowest BCUT2D eigenvalue weighted by Gasteiger charge is -2.19. The van der Waals surface area contributed by atoms with Gasteiger partial charge in [-0.05, 0) is 52.7 Å². The predicted molar refractivity (Wildman–Crippen MR) is 122 cm³/mol. The summed E-state index contributed by atoms with van der Waals surface area (Å²) in [5, 5.41) is 8.47. The molecule has 2 unspecified atom stereocenters. The fourth-order valence-corrected chi connectivity index (χ4v) is 3.81. The number of carbonyl (C=O) groups is 1. The molecule has 14 heteroatoms. The number of nitrogens with two attached hydrogens (primary N) is 1. The molecule has 0 spiro atoms. The lowest BCUT2D eigenvalue weighted by molar-refractivity contribution is -0.224. The third kappa shape index (κ3) is 6.10. The lowest BCUT2D eigenvalue weighted by atomic mass is 10.0. The molecule has 182 valence electrons. The first-order valence-corrected chi connectivity index (χ1v) is 10.9. The Kier molecular flexibility index (Phi) is 7.94. The van der Waals surface area contributed by atoms with Gasteiger partial charge < -0.3 is 20.7 Å². The van der Waals surface area contributed by atoms with Crippen LogP contribution in [0.15, 0.2) is 40.6 Å². The zero-order valence-electron chi connectivity index (χ0n) is 17.1. The molecule has 2 aromatic rings. The normalized spacial score (nSPS) is 17.1. The molecular weight excluding hydrogens is 571 g/mol. The minimum atomic E-state index is -4.94. The molecule has 0 fully saturated rings. The minimum Gasteiger partial charge on any atom is -0.380 e. The molecule has 34 heavy (non-hydrogen) atoms. The average molecular weight is 586 g/mol. The molecule has 2 aromatic carbocycles. The van der Waals surface area contributed by atoms with Gasteiger partial charge >= 0.3 is 6.18 Å². The Morgan fingerprint density at radius 3 is 2.50 bits per heavy atom. The van der Waals surface area contributed by atoms with E-state index in [1.165, 1.54) is 18.2 Å². The number of hydrogen-bond acceptors (Lipinski definition) is 5. The topological polar surface area (TPSA) is 98.3 Å². The zero-order valence-corrected chi connectivity index (χ0v) is 20.2. The van der Waals surface area contributed by atoms with Crippen molar-refractivity contribution in [3.05, 3.63) is 68.4 Å². The van der Waals surface area contributed by atoms with E-state index in [-0.39, 0.29) is 17.0 Å². The fraction of sp³-hybridized carbons (Fsp3) is 0.250. The van der Waals surface area contributed by atoms with E-state index in [4.69, 9.17) is 33.8 Å². The van der Waals surface area contributed by atoms with Gasteiger partial charge in [-0.1, -0.05) is 39.6 Å². The number of hydrogen-bond donors (Lipinski definition) is 2. The highest BCUT2D eigenvalue weighted by molar-refractivity contribution is 9.18. The smallest absolute Gasteiger partial charge is 0.380 e. The van der Waals surface area contributed by atoms with E-state index in [1.807, 2.05) is 0 Å². The molecule has 3 rings (SSSR count). The first-order valence-electron chi connectivity index (χ1n) is 9.37. The molecule has 1 heterocycles. The summed E-state index contributed by atoms with van der Waals surface area (Å²) in [6, 6.07) is 5.74. The number of carbonyl (C=O) groups excluding carboxylic acids is 1. The number of aryl methyl sites for hydroxylation is 1. The molecule has 1 aliphatic rings. The number of nitrogens with zero attached hydrogens (tertiary/aromatic N) is 2. The molecule has 0 aromatic heterocycles. The van der Waals surface area contributed by atoms with Crippen molar-refractivity contribution in [2.45, 2.75) is 31.9 Å². The number of benzene rings is 2. The largest absolute Gasteiger partial charge is 0.432 e. The molecule has 0 radical (unpaired) electrons. The van der Waals surface area contributed by atoms with Crippen molar-refractivity contribution in [2.75, 3.05) is 0 Å². The summed E-state index contributed by atoms with van der Waals surface area (Å²) in [4.78, 5) is 22.1. The van der Waals surface area contributed by atoms with Crippen molar-refractivity contribution in [3.63, 3.8) is 0 Å². The van der Waals surface area contributed by atoms with Crippen LogP contribution in [0.3, 0.4) is 0 Å². The molecular formula is C20H15BrCl2F4N4O3. The van der Waals surface area contributed by atoms with Crippen molar-refractivity contribution < 1.29 is 32.0 Å². The number of nitrogens with one attached hydrogen (secondary N) is 1. The van der Waals surface area contributed by atoms with E-state index in [9.17, 15) is 22.4 Å². The van der Waals surface area contributed by atoms with Gasteiger partial charge in [0.15, 0.2) is 11.7 Å². The maximum Gasteiger partial charge on any atom is 0.432 e. The van der Waals surface area contributed by atoms with Crippen LogP contribution in [0.2, 0.25) is 10.0 Å². The number of amides is 1. The summed E-state index contributed by atoms with van der Waals surface area (Å²) in [7, 11) is 0. The first kappa shape index (κ1) is 26.0. The van der Waals surface area contributed by atoms with Gasteiger partial charge in [0, 0.05) is 16.7 Å². The number of oxime groups is 2. The van der Waals surface area contributed by atoms with Gasteiger partial charge in [-0.15, -0.1) is 0 Å². The highest BCUT2D eigenvalue weighted by atomic mass is 79.9. The van der Waals surface area contributed by atoms with Crippen LogP contribution < -0.4 is 11.1 Å². The molecule has 2 atom stereocenters. The first-order chi connectivity index (χ1) is 15.9. The van der Waals surface area contributed by atoms with Crippen molar-refractivity contribution in [3.8, 4) is 0 Å². The SMILES string of the molecule is Cc1cc(/C(N)=N/OC(c2cc(Cl)c(F)c(Cl)c2)C(F)(F)F)ccc1C(=O)NC1CC(Br)=NO1. The van der Waals surface area contributed by atoms with Crippen LogP contribution in [0.4, 0.5) is 17.6 Å². The number of amidine groups is 1. The van der Waals surface area contributed by atoms with Gasteiger partial charge in [0.2, 0.25) is 12.3 Å². The Morgan fingerprint density at radius 1 is 1.32 bits per heavy atom. The summed E-state index contributed by atoms with van der Waals surface area (Å²) in [6.45, 7) is 1.61. The van der Waals surface area contributed by atoms with Gasteiger partial charge in [0.25, 0.3) is 5.91 Å². The summed E-state index contributed by atoms with van der Waals surface area (Å²) < 4.78 is 54.8. The molecule has 1 aliphatic heterocycles. The summed E-state index contributed by atoms with van der Waals surface area (Å²) in [5.74, 6) is -1.89. The number of alkyl halides is 3. The third-order valence-electron chi connectivity index (χ3n) is 4.55. The van der Waals surface area contributed by atoms with Crippen molar-refractivity contribution in [1.82, 2.24) is 5.32 Å². The maximum atomic E-state index is 13.6. The van der Waals surface area contributed by atoms with Crippen LogP contribution in [0.5, 0.6) is 0 Å². The second-order valence-electron chi connectivity index (χ2n) is 7.07. The fourth-order valence-electron chi connectivity index (χ4n) is 2.93. The van der Waals surface area contributed by atoms with E-state index in [2.05, 4.69) is 36.4 Å². The van der Waals surface area contributed by atoms with E-state index >= 15 is 0 Å². The Balaban J connectivity index is 1.78. The zero-order chi connectivity index (χ0) is 25.2. The summed E-state index contributed by atoms with van der Waals surface area (Å²) >= 11 is 14.4. The predicted octanol–water partition coefficient (Wildman–Crippen LogP) is 5.57. The van der Waals surface area contributed by atoms with Gasteiger partial charge in [-0.2, -0.15) is 13.2 Å². The molecule has 7 nitrogen and oxygen atoms in total. The van der Waals surface area contributed by atoms with Crippen LogP contribution in [-0.2, 0) is 9.68 Å². The summed E-state index contributed by atoms with van der Waals surface area (Å²) in [5.41, 5.74) is 6.19. The minimum absolute atomic E-state index is 0.202. The average Bonchev–Trinajstić information content (AvgIpc) is 3.15. The van der Waals surface area contributed by atoms with Crippen LogP contribution in [-0.4, -0.2) is 28.8 Å². The molecule has 1 amide bonds. The van der Waals surface area contributed by atoms with E-state index in [0.717, 1.165) is 12.1 Å². The monoisotopic (exact) mass is 584 g/mol. The van der Waals surface area contributed by atoms with Gasteiger partial charge in [0.05, 0.1) is 16.5 Å². The van der Waals surface area contributed by atoms with Crippen LogP contribution in [0, 0.1) is 12.7 Å². The van der Waals surface area contributed by atoms with E-state index < -0.39 is 45.8 Å². The molecule has 0 bridgehead atoms. The standard InChI is InChI=1S/C20H15BrCl2F4N4O3/c1-8-4-9(2-3-11(8)19(32)29-15-7-14(21)30-33-15)18(28)31-34-17(20(25,26)27)10-5-12(22)16(24)13(23)6-10/h2-6,15,17H,7H2,1H3,(H2,28,31)(H,29,32). The lowest BCUT2D eigenvalue weighted by Crippen LogP contribution is -2.35. The number of rotatable bonds is 6. The van der Waals surface area contributed by atoms with Gasteiger partial charge in [-0.3, -0.25) is 4.79 Å². The van der Waals surface area contributed by atoms with Crippen LogP contribution in [0.25, 0.3) is 0 Å². The second-order valence-corrected chi connectivity index (χ2v) is 8.80. The molecule has 0 saturated carbocycles. The number of halogens is 7. The quantitative estimate of drug-likeness (QED) is 0.152. The van der Waals surface area contributed by atoms with Crippen LogP contribution in [0.1, 0.15) is 39.6 Å². The molecule has 3 N–H and O–H groups in total. The van der Waals surface area contributed by atoms with Crippen molar-refractivity contribution in [2.24, 2.45) is 16.0 Å². The third-order valence-corrected chi connectivity index (χ3v) is 5.57. The Labute approximate surface area is 209 Å². The Hall–Kier alpha value is -2.57. The highest BCUT2D eigenvalue weighted by Crippen LogP contribution is 2.39.